The summed E-state index contributed by atoms with van der Waals surface area (Å²) in [5.41, 5.74) is 14.9. The highest BCUT2D eigenvalue weighted by atomic mass is 32.2. The number of benzene rings is 2. The standard InChI is InChI=1S/C17H22N2OS/c1-12-9-14(18)7-8-17(12)21-11-16(20)15(19)10-13-5-3-2-4-6-13/h2-9,15-16,20H,10-11,18-19H2,1H3. The minimum atomic E-state index is -0.535. The maximum absolute atomic E-state index is 10.2. The van der Waals surface area contributed by atoms with Crippen LogP contribution in [0.5, 0.6) is 0 Å². The van der Waals surface area contributed by atoms with Gasteiger partial charge in [0, 0.05) is 22.4 Å². The molecule has 0 radical (unpaired) electrons. The van der Waals surface area contributed by atoms with Crippen molar-refractivity contribution in [1.82, 2.24) is 0 Å². The molecule has 4 heteroatoms. The van der Waals surface area contributed by atoms with Crippen LogP contribution in [0.1, 0.15) is 11.1 Å². The van der Waals surface area contributed by atoms with Crippen LogP contribution in [0.4, 0.5) is 5.69 Å². The van der Waals surface area contributed by atoms with Crippen LogP contribution in [0, 0.1) is 6.92 Å². The number of rotatable bonds is 6. The molecule has 5 N–H and O–H groups in total. The Kier molecular flexibility index (Phi) is 5.67. The quantitative estimate of drug-likeness (QED) is 0.566. The number of hydrogen-bond donors (Lipinski definition) is 3. The van der Waals surface area contributed by atoms with E-state index in [1.54, 1.807) is 11.8 Å². The first kappa shape index (κ1) is 15.9. The van der Waals surface area contributed by atoms with Gasteiger partial charge in [0.2, 0.25) is 0 Å². The summed E-state index contributed by atoms with van der Waals surface area (Å²) in [6, 6.07) is 15.6. The van der Waals surface area contributed by atoms with Crippen molar-refractivity contribution in [3.8, 4) is 0 Å². The van der Waals surface area contributed by atoms with Gasteiger partial charge >= 0.3 is 0 Å². The average Bonchev–Trinajstić information content (AvgIpc) is 2.47. The van der Waals surface area contributed by atoms with E-state index in [9.17, 15) is 5.11 Å². The monoisotopic (exact) mass is 302 g/mol. The van der Waals surface area contributed by atoms with Crippen molar-refractivity contribution in [1.29, 1.82) is 0 Å². The molecule has 0 saturated carbocycles. The molecule has 0 spiro atoms. The van der Waals surface area contributed by atoms with Gasteiger partial charge in [0.15, 0.2) is 0 Å². The molecule has 2 atom stereocenters. The van der Waals surface area contributed by atoms with E-state index in [0.29, 0.717) is 12.2 Å². The molecule has 2 aromatic carbocycles. The third-order valence-electron chi connectivity index (χ3n) is 3.42. The smallest absolute Gasteiger partial charge is 0.0788 e. The van der Waals surface area contributed by atoms with Crippen molar-refractivity contribution in [2.24, 2.45) is 5.73 Å². The molecule has 0 bridgehead atoms. The molecule has 0 aromatic heterocycles. The fourth-order valence-electron chi connectivity index (χ4n) is 2.16. The Labute approximate surface area is 130 Å². The van der Waals surface area contributed by atoms with Gasteiger partial charge in [0.25, 0.3) is 0 Å². The highest BCUT2D eigenvalue weighted by Crippen LogP contribution is 2.25. The van der Waals surface area contributed by atoms with Gasteiger partial charge in [0.1, 0.15) is 0 Å². The van der Waals surface area contributed by atoms with Gasteiger partial charge in [-0.3, -0.25) is 0 Å². The zero-order valence-corrected chi connectivity index (χ0v) is 13.0. The number of thioether (sulfide) groups is 1. The summed E-state index contributed by atoms with van der Waals surface area (Å²) in [7, 11) is 0. The van der Waals surface area contributed by atoms with E-state index in [2.05, 4.69) is 0 Å². The minimum absolute atomic E-state index is 0.256. The molecule has 21 heavy (non-hydrogen) atoms. The third kappa shape index (κ3) is 4.77. The molecule has 112 valence electrons. The summed E-state index contributed by atoms with van der Waals surface area (Å²) in [5.74, 6) is 0.582. The Bertz CT molecular complexity index is 574. The number of nitrogens with two attached hydrogens (primary N) is 2. The number of anilines is 1. The highest BCUT2D eigenvalue weighted by molar-refractivity contribution is 7.99. The van der Waals surface area contributed by atoms with Crippen LogP contribution in [0.15, 0.2) is 53.4 Å². The summed E-state index contributed by atoms with van der Waals surface area (Å²) in [6.45, 7) is 2.02. The van der Waals surface area contributed by atoms with Crippen molar-refractivity contribution in [3.05, 3.63) is 59.7 Å². The molecule has 2 unspecified atom stereocenters. The molecule has 2 rings (SSSR count). The predicted octanol–water partition coefficient (Wildman–Crippen LogP) is 2.60. The van der Waals surface area contributed by atoms with Crippen LogP contribution in [-0.2, 0) is 6.42 Å². The van der Waals surface area contributed by atoms with Crippen LogP contribution >= 0.6 is 11.8 Å². The van der Waals surface area contributed by atoms with Crippen LogP contribution in [-0.4, -0.2) is 23.0 Å². The molecule has 0 aliphatic carbocycles. The molecule has 0 heterocycles. The van der Waals surface area contributed by atoms with Crippen molar-refractivity contribution in [3.63, 3.8) is 0 Å². The lowest BCUT2D eigenvalue weighted by Gasteiger charge is -2.19. The number of nitrogen functional groups attached to an aromatic ring is 1. The van der Waals surface area contributed by atoms with Gasteiger partial charge in [-0.05, 0) is 42.7 Å². The summed E-state index contributed by atoms with van der Waals surface area (Å²) >= 11 is 1.62. The predicted molar refractivity (Wildman–Crippen MR) is 90.4 cm³/mol. The second-order valence-corrected chi connectivity index (χ2v) is 6.32. The molecule has 0 fully saturated rings. The minimum Gasteiger partial charge on any atom is -0.399 e. The average molecular weight is 302 g/mol. The first-order valence-electron chi connectivity index (χ1n) is 7.03. The number of aliphatic hydroxyl groups is 1. The van der Waals surface area contributed by atoms with Crippen LogP contribution in [0.25, 0.3) is 0 Å². The van der Waals surface area contributed by atoms with E-state index in [1.165, 1.54) is 0 Å². The SMILES string of the molecule is Cc1cc(N)ccc1SCC(O)C(N)Cc1ccccc1. The van der Waals surface area contributed by atoms with Crippen molar-refractivity contribution < 1.29 is 5.11 Å². The van der Waals surface area contributed by atoms with Gasteiger partial charge in [-0.1, -0.05) is 30.3 Å². The van der Waals surface area contributed by atoms with Gasteiger partial charge in [0.05, 0.1) is 6.10 Å². The summed E-state index contributed by atoms with van der Waals surface area (Å²) in [5, 5.41) is 10.2. The number of aliphatic hydroxyl groups excluding tert-OH is 1. The molecule has 0 saturated heterocycles. The molecule has 0 amide bonds. The van der Waals surface area contributed by atoms with Crippen LogP contribution in [0.3, 0.4) is 0 Å². The molecular weight excluding hydrogens is 280 g/mol. The zero-order valence-electron chi connectivity index (χ0n) is 12.2. The lowest BCUT2D eigenvalue weighted by Crippen LogP contribution is -2.38. The fraction of sp³-hybridized carbons (Fsp3) is 0.294. The Hall–Kier alpha value is -1.49. The topological polar surface area (TPSA) is 72.3 Å². The van der Waals surface area contributed by atoms with Crippen molar-refractivity contribution in [2.75, 3.05) is 11.5 Å². The Balaban J connectivity index is 1.87. The first-order valence-corrected chi connectivity index (χ1v) is 8.01. The second kappa shape index (κ2) is 7.50. The van der Waals surface area contributed by atoms with Crippen LogP contribution < -0.4 is 11.5 Å². The maximum atomic E-state index is 10.2. The lowest BCUT2D eigenvalue weighted by atomic mass is 10.0. The van der Waals surface area contributed by atoms with Crippen molar-refractivity contribution in [2.45, 2.75) is 30.4 Å². The van der Waals surface area contributed by atoms with E-state index in [-0.39, 0.29) is 6.04 Å². The zero-order chi connectivity index (χ0) is 15.2. The maximum Gasteiger partial charge on any atom is 0.0788 e. The fourth-order valence-corrected chi connectivity index (χ4v) is 3.20. The summed E-state index contributed by atoms with van der Waals surface area (Å²) in [6.07, 6.45) is 0.149. The van der Waals surface area contributed by atoms with Gasteiger partial charge in [-0.2, -0.15) is 0 Å². The molecular formula is C17H22N2OS. The third-order valence-corrected chi connectivity index (χ3v) is 4.69. The number of aryl methyl sites for hydroxylation is 1. The normalized spacial score (nSPS) is 13.9. The van der Waals surface area contributed by atoms with E-state index >= 15 is 0 Å². The Morgan fingerprint density at radius 2 is 1.86 bits per heavy atom. The number of hydrogen-bond acceptors (Lipinski definition) is 4. The van der Waals surface area contributed by atoms with E-state index in [0.717, 1.165) is 21.7 Å². The van der Waals surface area contributed by atoms with Gasteiger partial charge < -0.3 is 16.6 Å². The second-order valence-electron chi connectivity index (χ2n) is 5.26. The summed E-state index contributed by atoms with van der Waals surface area (Å²) < 4.78 is 0. The van der Waals surface area contributed by atoms with Crippen molar-refractivity contribution >= 4 is 17.4 Å². The largest absolute Gasteiger partial charge is 0.399 e. The Morgan fingerprint density at radius 1 is 1.14 bits per heavy atom. The first-order chi connectivity index (χ1) is 10.1. The van der Waals surface area contributed by atoms with E-state index in [1.807, 2.05) is 55.5 Å². The lowest BCUT2D eigenvalue weighted by molar-refractivity contribution is 0.167. The van der Waals surface area contributed by atoms with Gasteiger partial charge in [-0.15, -0.1) is 11.8 Å². The molecule has 0 aliphatic rings. The summed E-state index contributed by atoms with van der Waals surface area (Å²) in [4.78, 5) is 1.13. The van der Waals surface area contributed by atoms with Gasteiger partial charge in [-0.25, -0.2) is 0 Å². The van der Waals surface area contributed by atoms with Crippen LogP contribution in [0.2, 0.25) is 0 Å². The highest BCUT2D eigenvalue weighted by Gasteiger charge is 2.16. The van der Waals surface area contributed by atoms with E-state index in [4.69, 9.17) is 11.5 Å². The molecule has 3 nitrogen and oxygen atoms in total. The molecule has 2 aromatic rings. The van der Waals surface area contributed by atoms with E-state index < -0.39 is 6.10 Å². The molecule has 0 aliphatic heterocycles. The Morgan fingerprint density at radius 3 is 2.52 bits per heavy atom.